The second-order valence-electron chi connectivity index (χ2n) is 5.02. The Bertz CT molecular complexity index is 617. The van der Waals surface area contributed by atoms with E-state index < -0.39 is 0 Å². The highest BCUT2D eigenvalue weighted by Crippen LogP contribution is 2.15. The van der Waals surface area contributed by atoms with Gasteiger partial charge in [0.05, 0.1) is 36.4 Å². The second kappa shape index (κ2) is 5.92. The minimum atomic E-state index is -0.285. The molecule has 21 heavy (non-hydrogen) atoms. The lowest BCUT2D eigenvalue weighted by atomic mass is 10.2. The van der Waals surface area contributed by atoms with Gasteiger partial charge >= 0.3 is 0 Å². The minimum Gasteiger partial charge on any atom is -0.397 e. The minimum absolute atomic E-state index is 0.215. The lowest BCUT2D eigenvalue weighted by Crippen LogP contribution is -2.15. The zero-order chi connectivity index (χ0) is 14.7. The molecule has 7 heteroatoms. The number of nitrogens with two attached hydrogens (primary N) is 1. The summed E-state index contributed by atoms with van der Waals surface area (Å²) in [6.45, 7) is 1.52. The maximum absolute atomic E-state index is 12.0. The van der Waals surface area contributed by atoms with Gasteiger partial charge in [-0.05, 0) is 25.0 Å². The summed E-state index contributed by atoms with van der Waals surface area (Å²) in [6, 6.07) is 3.23. The van der Waals surface area contributed by atoms with Crippen LogP contribution in [0.15, 0.2) is 30.7 Å². The zero-order valence-electron chi connectivity index (χ0n) is 11.5. The number of aromatic nitrogens is 3. The molecule has 1 unspecified atom stereocenters. The van der Waals surface area contributed by atoms with Crippen LogP contribution in [0.4, 0.5) is 11.4 Å². The third kappa shape index (κ3) is 3.38. The number of amides is 1. The first-order valence-corrected chi connectivity index (χ1v) is 6.87. The van der Waals surface area contributed by atoms with Gasteiger partial charge in [0, 0.05) is 12.8 Å². The van der Waals surface area contributed by atoms with E-state index in [4.69, 9.17) is 10.5 Å². The van der Waals surface area contributed by atoms with Crippen LogP contribution < -0.4 is 11.1 Å². The van der Waals surface area contributed by atoms with Gasteiger partial charge in [-0.3, -0.25) is 9.48 Å². The van der Waals surface area contributed by atoms with Crippen molar-refractivity contribution >= 4 is 17.3 Å². The SMILES string of the molecule is Nc1ccc(C(=O)Nc2cnn(CC3CCCO3)c2)nc1. The molecule has 0 aliphatic carbocycles. The van der Waals surface area contributed by atoms with Crippen LogP contribution in [-0.2, 0) is 11.3 Å². The van der Waals surface area contributed by atoms with Gasteiger partial charge in [0.15, 0.2) is 0 Å². The number of pyridine rings is 1. The van der Waals surface area contributed by atoms with Crippen LogP contribution in [0.25, 0.3) is 0 Å². The lowest BCUT2D eigenvalue weighted by molar-refractivity contribution is 0.0940. The van der Waals surface area contributed by atoms with E-state index >= 15 is 0 Å². The molecule has 7 nitrogen and oxygen atoms in total. The van der Waals surface area contributed by atoms with Crippen molar-refractivity contribution in [3.63, 3.8) is 0 Å². The molecule has 1 fully saturated rings. The maximum Gasteiger partial charge on any atom is 0.274 e. The Morgan fingerprint density at radius 2 is 2.38 bits per heavy atom. The fourth-order valence-corrected chi connectivity index (χ4v) is 2.26. The molecule has 1 aliphatic rings. The number of hydrogen-bond acceptors (Lipinski definition) is 5. The molecule has 0 spiro atoms. The van der Waals surface area contributed by atoms with Crippen molar-refractivity contribution in [1.82, 2.24) is 14.8 Å². The third-order valence-corrected chi connectivity index (χ3v) is 3.32. The fourth-order valence-electron chi connectivity index (χ4n) is 2.26. The van der Waals surface area contributed by atoms with Crippen LogP contribution in [-0.4, -0.2) is 33.4 Å². The number of nitrogen functional groups attached to an aromatic ring is 1. The number of hydrogen-bond donors (Lipinski definition) is 2. The normalized spacial score (nSPS) is 17.8. The molecule has 1 amide bonds. The molecule has 1 saturated heterocycles. The average molecular weight is 287 g/mol. The summed E-state index contributed by atoms with van der Waals surface area (Å²) in [5.41, 5.74) is 7.02. The predicted octanol–water partition coefficient (Wildman–Crippen LogP) is 1.29. The Kier molecular flexibility index (Phi) is 3.83. The smallest absolute Gasteiger partial charge is 0.274 e. The summed E-state index contributed by atoms with van der Waals surface area (Å²) < 4.78 is 7.34. The molecule has 0 aromatic carbocycles. The van der Waals surface area contributed by atoms with Crippen LogP contribution in [0.1, 0.15) is 23.3 Å². The van der Waals surface area contributed by atoms with Gasteiger partial charge in [0.1, 0.15) is 5.69 Å². The van der Waals surface area contributed by atoms with E-state index in [1.165, 1.54) is 6.20 Å². The first-order chi connectivity index (χ1) is 10.2. The number of nitrogens with zero attached hydrogens (tertiary/aromatic N) is 3. The molecule has 0 radical (unpaired) electrons. The van der Waals surface area contributed by atoms with Crippen LogP contribution >= 0.6 is 0 Å². The highest BCUT2D eigenvalue weighted by atomic mass is 16.5. The maximum atomic E-state index is 12.0. The summed E-state index contributed by atoms with van der Waals surface area (Å²) in [6.07, 6.45) is 7.22. The Morgan fingerprint density at radius 1 is 1.48 bits per heavy atom. The first kappa shape index (κ1) is 13.6. The van der Waals surface area contributed by atoms with Gasteiger partial charge < -0.3 is 15.8 Å². The van der Waals surface area contributed by atoms with E-state index in [0.29, 0.717) is 23.6 Å². The number of nitrogens with one attached hydrogen (secondary N) is 1. The van der Waals surface area contributed by atoms with Crippen LogP contribution in [0.2, 0.25) is 0 Å². The van der Waals surface area contributed by atoms with Crippen molar-refractivity contribution in [3.8, 4) is 0 Å². The molecule has 2 aromatic rings. The number of anilines is 2. The number of ether oxygens (including phenoxy) is 1. The molecule has 3 heterocycles. The van der Waals surface area contributed by atoms with Gasteiger partial charge in [-0.1, -0.05) is 0 Å². The Balaban J connectivity index is 1.61. The van der Waals surface area contributed by atoms with E-state index in [0.717, 1.165) is 19.4 Å². The monoisotopic (exact) mass is 287 g/mol. The van der Waals surface area contributed by atoms with Crippen LogP contribution in [0.5, 0.6) is 0 Å². The van der Waals surface area contributed by atoms with Crippen molar-refractivity contribution in [2.24, 2.45) is 0 Å². The molecular formula is C14H17N5O2. The third-order valence-electron chi connectivity index (χ3n) is 3.32. The molecule has 1 aliphatic heterocycles. The molecule has 3 N–H and O–H groups in total. The number of carbonyl (C=O) groups excluding carboxylic acids is 1. The summed E-state index contributed by atoms with van der Waals surface area (Å²) in [5, 5.41) is 6.98. The summed E-state index contributed by atoms with van der Waals surface area (Å²) in [5.74, 6) is -0.285. The summed E-state index contributed by atoms with van der Waals surface area (Å²) in [4.78, 5) is 16.0. The summed E-state index contributed by atoms with van der Waals surface area (Å²) >= 11 is 0. The molecule has 1 atom stereocenters. The largest absolute Gasteiger partial charge is 0.397 e. The number of rotatable bonds is 4. The summed E-state index contributed by atoms with van der Waals surface area (Å²) in [7, 11) is 0. The van der Waals surface area contributed by atoms with E-state index in [1.807, 2.05) is 0 Å². The molecule has 0 bridgehead atoms. The second-order valence-corrected chi connectivity index (χ2v) is 5.02. The van der Waals surface area contributed by atoms with Crippen molar-refractivity contribution in [2.75, 3.05) is 17.7 Å². The van der Waals surface area contributed by atoms with E-state index in [1.54, 1.807) is 29.2 Å². The van der Waals surface area contributed by atoms with Gasteiger partial charge in [0.2, 0.25) is 0 Å². The van der Waals surface area contributed by atoms with Gasteiger partial charge in [0.25, 0.3) is 5.91 Å². The Morgan fingerprint density at radius 3 is 3.10 bits per heavy atom. The van der Waals surface area contributed by atoms with Crippen LogP contribution in [0, 0.1) is 0 Å². The van der Waals surface area contributed by atoms with E-state index in [-0.39, 0.29) is 12.0 Å². The van der Waals surface area contributed by atoms with Crippen molar-refractivity contribution < 1.29 is 9.53 Å². The zero-order valence-corrected chi connectivity index (χ0v) is 11.5. The Hall–Kier alpha value is -2.41. The fraction of sp³-hybridized carbons (Fsp3) is 0.357. The predicted molar refractivity (Wildman–Crippen MR) is 77.8 cm³/mol. The highest BCUT2D eigenvalue weighted by Gasteiger charge is 2.16. The number of carbonyl (C=O) groups is 1. The van der Waals surface area contributed by atoms with Gasteiger partial charge in [-0.25, -0.2) is 4.98 Å². The molecule has 3 rings (SSSR count). The first-order valence-electron chi connectivity index (χ1n) is 6.87. The van der Waals surface area contributed by atoms with Gasteiger partial charge in [-0.2, -0.15) is 5.10 Å². The van der Waals surface area contributed by atoms with Crippen molar-refractivity contribution in [1.29, 1.82) is 0 Å². The lowest BCUT2D eigenvalue weighted by Gasteiger charge is -2.08. The van der Waals surface area contributed by atoms with Crippen LogP contribution in [0.3, 0.4) is 0 Å². The quantitative estimate of drug-likeness (QED) is 0.883. The molecule has 2 aromatic heterocycles. The highest BCUT2D eigenvalue weighted by molar-refractivity contribution is 6.02. The van der Waals surface area contributed by atoms with E-state index in [9.17, 15) is 4.79 Å². The average Bonchev–Trinajstić information content (AvgIpc) is 3.12. The van der Waals surface area contributed by atoms with Gasteiger partial charge in [-0.15, -0.1) is 0 Å². The topological polar surface area (TPSA) is 95.1 Å². The molecule has 0 saturated carbocycles. The molecule has 110 valence electrons. The van der Waals surface area contributed by atoms with Crippen molar-refractivity contribution in [2.45, 2.75) is 25.5 Å². The Labute approximate surface area is 122 Å². The van der Waals surface area contributed by atoms with Crippen molar-refractivity contribution in [3.05, 3.63) is 36.4 Å². The van der Waals surface area contributed by atoms with E-state index in [2.05, 4.69) is 15.4 Å². The molecular weight excluding hydrogens is 270 g/mol. The standard InChI is InChI=1S/C14H17N5O2/c15-10-3-4-13(16-6-10)14(20)18-11-7-17-19(8-11)9-12-2-1-5-21-12/h3-4,6-8,12H,1-2,5,9,15H2,(H,18,20).